The van der Waals surface area contributed by atoms with Gasteiger partial charge in [-0.1, -0.05) is 24.3 Å². The highest BCUT2D eigenvalue weighted by Gasteiger charge is 2.28. The van der Waals surface area contributed by atoms with Gasteiger partial charge in [0.05, 0.1) is 18.4 Å². The fraction of sp³-hybridized carbons (Fsp3) is 0.421. The van der Waals surface area contributed by atoms with Crippen LogP contribution in [0, 0.1) is 0 Å². The summed E-state index contributed by atoms with van der Waals surface area (Å²) in [6.45, 7) is 5.31. The van der Waals surface area contributed by atoms with Crippen LogP contribution in [0.15, 0.2) is 29.6 Å². The Hall–Kier alpha value is -2.29. The van der Waals surface area contributed by atoms with Crippen molar-refractivity contribution in [2.24, 2.45) is 0 Å². The van der Waals surface area contributed by atoms with E-state index in [9.17, 15) is 9.59 Å². The van der Waals surface area contributed by atoms with Crippen molar-refractivity contribution in [1.29, 1.82) is 0 Å². The molecule has 144 valence electrons. The van der Waals surface area contributed by atoms with Crippen molar-refractivity contribution in [1.82, 2.24) is 15.6 Å². The van der Waals surface area contributed by atoms with Crippen LogP contribution >= 0.6 is 11.3 Å². The first-order valence-corrected chi connectivity index (χ1v) is 9.86. The maximum atomic E-state index is 12.4. The third-order valence-corrected chi connectivity index (χ3v) is 5.13. The van der Waals surface area contributed by atoms with Crippen LogP contribution in [0.2, 0.25) is 0 Å². The molecule has 8 heteroatoms. The number of amides is 2. The van der Waals surface area contributed by atoms with Gasteiger partial charge in [-0.05, 0) is 18.9 Å². The summed E-state index contributed by atoms with van der Waals surface area (Å²) in [5.41, 5.74) is 2.96. The molecule has 0 bridgehead atoms. The molecule has 2 atom stereocenters. The Morgan fingerprint density at radius 3 is 2.81 bits per heavy atom. The predicted molar refractivity (Wildman–Crippen MR) is 106 cm³/mol. The normalized spacial score (nSPS) is 19.5. The van der Waals surface area contributed by atoms with Crippen LogP contribution in [0.4, 0.5) is 5.13 Å². The van der Waals surface area contributed by atoms with E-state index in [1.807, 2.05) is 36.6 Å². The lowest BCUT2D eigenvalue weighted by atomic mass is 10.1. The zero-order valence-corrected chi connectivity index (χ0v) is 16.3. The number of morpholine rings is 1. The third kappa shape index (κ3) is 5.35. The number of carbonyl (C=O) groups is 2. The Balaban J connectivity index is 1.58. The minimum Gasteiger partial charge on any atom is -0.375 e. The van der Waals surface area contributed by atoms with Gasteiger partial charge in [0.25, 0.3) is 0 Å². The first kappa shape index (κ1) is 19.5. The number of ether oxygens (including phenoxy) is 1. The Morgan fingerprint density at radius 2 is 2.11 bits per heavy atom. The molecule has 1 aromatic heterocycles. The molecule has 1 aliphatic heterocycles. The molecule has 3 N–H and O–H groups in total. The van der Waals surface area contributed by atoms with Crippen LogP contribution in [0.3, 0.4) is 0 Å². The van der Waals surface area contributed by atoms with E-state index in [1.54, 1.807) is 0 Å². The molecule has 2 amide bonds. The summed E-state index contributed by atoms with van der Waals surface area (Å²) in [7, 11) is 0. The number of carbonyl (C=O) groups excluding carboxylic acids is 2. The van der Waals surface area contributed by atoms with Gasteiger partial charge < -0.3 is 20.7 Å². The first-order chi connectivity index (χ1) is 13.0. The molecule has 0 unspecified atom stereocenters. The van der Waals surface area contributed by atoms with Crippen molar-refractivity contribution in [3.63, 3.8) is 0 Å². The first-order valence-electron chi connectivity index (χ1n) is 8.98. The van der Waals surface area contributed by atoms with E-state index >= 15 is 0 Å². The van der Waals surface area contributed by atoms with Crippen molar-refractivity contribution in [2.45, 2.75) is 32.4 Å². The van der Waals surface area contributed by atoms with Crippen molar-refractivity contribution in [3.05, 3.63) is 35.2 Å². The second kappa shape index (κ2) is 9.07. The zero-order valence-electron chi connectivity index (χ0n) is 15.5. The largest absolute Gasteiger partial charge is 0.375 e. The lowest BCUT2D eigenvalue weighted by Crippen LogP contribution is -2.53. The fourth-order valence-corrected chi connectivity index (χ4v) is 3.62. The van der Waals surface area contributed by atoms with Crippen LogP contribution in [0.1, 0.15) is 19.4 Å². The molecule has 0 aliphatic carbocycles. The second-order valence-corrected chi connectivity index (χ2v) is 7.32. The van der Waals surface area contributed by atoms with E-state index in [4.69, 9.17) is 4.74 Å². The molecule has 1 fully saturated rings. The van der Waals surface area contributed by atoms with Gasteiger partial charge in [0, 0.05) is 31.0 Å². The molecule has 2 heterocycles. The zero-order chi connectivity index (χ0) is 19.2. The van der Waals surface area contributed by atoms with Crippen molar-refractivity contribution in [3.8, 4) is 11.3 Å². The second-order valence-electron chi connectivity index (χ2n) is 6.46. The van der Waals surface area contributed by atoms with E-state index < -0.39 is 0 Å². The van der Waals surface area contributed by atoms with Crippen molar-refractivity contribution < 1.29 is 14.3 Å². The Morgan fingerprint density at radius 1 is 1.33 bits per heavy atom. The van der Waals surface area contributed by atoms with Crippen molar-refractivity contribution >= 4 is 28.3 Å². The van der Waals surface area contributed by atoms with Crippen LogP contribution < -0.4 is 16.0 Å². The molecular weight excluding hydrogens is 364 g/mol. The van der Waals surface area contributed by atoms with Gasteiger partial charge in [-0.25, -0.2) is 4.98 Å². The number of aromatic nitrogens is 1. The highest BCUT2D eigenvalue weighted by molar-refractivity contribution is 7.14. The number of hydrogen-bond acceptors (Lipinski definition) is 6. The summed E-state index contributed by atoms with van der Waals surface area (Å²) in [6.07, 6.45) is 0.621. The number of benzene rings is 1. The molecule has 1 aliphatic rings. The Kier molecular flexibility index (Phi) is 6.54. The quantitative estimate of drug-likeness (QED) is 0.702. The SMILES string of the molecule is CC(=O)NCCc1ccc(-c2csc(NC(=O)[C@H]3NCCO[C@@H]3C)n2)cc1. The van der Waals surface area contributed by atoms with Gasteiger partial charge in [0.15, 0.2) is 5.13 Å². The van der Waals surface area contributed by atoms with E-state index in [-0.39, 0.29) is 24.0 Å². The van der Waals surface area contributed by atoms with E-state index in [1.165, 1.54) is 18.3 Å². The lowest BCUT2D eigenvalue weighted by Gasteiger charge is -2.28. The average Bonchev–Trinajstić information content (AvgIpc) is 3.11. The molecule has 0 spiro atoms. The van der Waals surface area contributed by atoms with Gasteiger partial charge in [-0.15, -0.1) is 11.3 Å². The summed E-state index contributed by atoms with van der Waals surface area (Å²) in [4.78, 5) is 27.8. The van der Waals surface area contributed by atoms with Crippen LogP contribution in [0.5, 0.6) is 0 Å². The minimum absolute atomic E-state index is 0.0203. The van der Waals surface area contributed by atoms with E-state index in [0.717, 1.165) is 23.2 Å². The lowest BCUT2D eigenvalue weighted by molar-refractivity contribution is -0.123. The minimum atomic E-state index is -0.367. The average molecular weight is 388 g/mol. The van der Waals surface area contributed by atoms with Crippen LogP contribution in [-0.2, 0) is 20.7 Å². The highest BCUT2D eigenvalue weighted by atomic mass is 32.1. The highest BCUT2D eigenvalue weighted by Crippen LogP contribution is 2.25. The molecule has 27 heavy (non-hydrogen) atoms. The van der Waals surface area contributed by atoms with Gasteiger partial charge in [0.1, 0.15) is 6.04 Å². The summed E-state index contributed by atoms with van der Waals surface area (Å²) in [5.74, 6) is -0.149. The Bertz CT molecular complexity index is 791. The third-order valence-electron chi connectivity index (χ3n) is 4.37. The van der Waals surface area contributed by atoms with Gasteiger partial charge in [0.2, 0.25) is 11.8 Å². The number of thiazole rings is 1. The molecule has 1 aromatic carbocycles. The van der Waals surface area contributed by atoms with Crippen molar-refractivity contribution in [2.75, 3.05) is 25.0 Å². The number of rotatable bonds is 6. The number of anilines is 1. The van der Waals surface area contributed by atoms with Gasteiger partial charge in [-0.3, -0.25) is 9.59 Å². The summed E-state index contributed by atoms with van der Waals surface area (Å²) < 4.78 is 5.51. The van der Waals surface area contributed by atoms with Crippen LogP contribution in [0.25, 0.3) is 11.3 Å². The summed E-state index contributed by atoms with van der Waals surface area (Å²) in [6, 6.07) is 7.69. The predicted octanol–water partition coefficient (Wildman–Crippen LogP) is 1.80. The number of nitrogens with one attached hydrogen (secondary N) is 3. The topological polar surface area (TPSA) is 92.4 Å². The maximum absolute atomic E-state index is 12.4. The summed E-state index contributed by atoms with van der Waals surface area (Å²) in [5, 5.41) is 11.3. The summed E-state index contributed by atoms with van der Waals surface area (Å²) >= 11 is 1.40. The monoisotopic (exact) mass is 388 g/mol. The molecule has 0 radical (unpaired) electrons. The molecule has 7 nitrogen and oxygen atoms in total. The maximum Gasteiger partial charge on any atom is 0.245 e. The van der Waals surface area contributed by atoms with E-state index in [0.29, 0.717) is 24.8 Å². The molecule has 0 saturated carbocycles. The molecule has 2 aromatic rings. The molecular formula is C19H24N4O3S. The van der Waals surface area contributed by atoms with Crippen LogP contribution in [-0.4, -0.2) is 48.6 Å². The standard InChI is InChI=1S/C19H24N4O3S/c1-12-17(21-9-10-26-12)18(25)23-19-22-16(11-27-19)15-5-3-14(4-6-15)7-8-20-13(2)24/h3-6,11-12,17,21H,7-10H2,1-2H3,(H,20,24)(H,22,23,25)/t12-,17+/m1/s1. The number of hydrogen-bond donors (Lipinski definition) is 3. The fourth-order valence-electron chi connectivity index (χ4n) is 2.90. The molecule has 1 saturated heterocycles. The Labute approximate surface area is 162 Å². The van der Waals surface area contributed by atoms with Gasteiger partial charge >= 0.3 is 0 Å². The molecule has 3 rings (SSSR count). The number of nitrogens with zero attached hydrogens (tertiary/aromatic N) is 1. The van der Waals surface area contributed by atoms with E-state index in [2.05, 4.69) is 20.9 Å². The smallest absolute Gasteiger partial charge is 0.245 e. The van der Waals surface area contributed by atoms with Gasteiger partial charge in [-0.2, -0.15) is 0 Å².